The van der Waals surface area contributed by atoms with E-state index in [0.717, 1.165) is 43.9 Å². The first-order valence-electron chi connectivity index (χ1n) is 8.24. The second kappa shape index (κ2) is 6.86. The first-order valence-corrected chi connectivity index (χ1v) is 8.24. The lowest BCUT2D eigenvalue weighted by atomic mass is 9.96. The van der Waals surface area contributed by atoms with Gasteiger partial charge in [-0.2, -0.15) is 0 Å². The number of imidazole rings is 1. The van der Waals surface area contributed by atoms with Gasteiger partial charge in [0, 0.05) is 37.9 Å². The highest BCUT2D eigenvalue weighted by molar-refractivity contribution is 5.79. The van der Waals surface area contributed by atoms with Gasteiger partial charge >= 0.3 is 0 Å². The molecule has 1 aromatic carbocycles. The highest BCUT2D eigenvalue weighted by Gasteiger charge is 2.27. The minimum absolute atomic E-state index is 0.120. The summed E-state index contributed by atoms with van der Waals surface area (Å²) in [5.74, 6) is 1.72. The van der Waals surface area contributed by atoms with Crippen LogP contribution in [0.25, 0.3) is 0 Å². The van der Waals surface area contributed by atoms with E-state index in [1.54, 1.807) is 18.2 Å². The van der Waals surface area contributed by atoms with Crippen LogP contribution in [0.2, 0.25) is 0 Å². The van der Waals surface area contributed by atoms with Crippen LogP contribution in [-0.2, 0) is 17.8 Å². The van der Waals surface area contributed by atoms with Gasteiger partial charge in [-0.05, 0) is 37.5 Å². The van der Waals surface area contributed by atoms with Crippen LogP contribution in [0.15, 0.2) is 36.7 Å². The molecule has 23 heavy (non-hydrogen) atoms. The van der Waals surface area contributed by atoms with Crippen LogP contribution in [-0.4, -0.2) is 38.6 Å². The summed E-state index contributed by atoms with van der Waals surface area (Å²) in [7, 11) is 0. The van der Waals surface area contributed by atoms with E-state index in [-0.39, 0.29) is 11.7 Å². The summed E-state index contributed by atoms with van der Waals surface area (Å²) in [6.45, 7) is 4.55. The summed E-state index contributed by atoms with van der Waals surface area (Å²) < 4.78 is 2.16. The van der Waals surface area contributed by atoms with Crippen LogP contribution in [0.3, 0.4) is 0 Å². The fourth-order valence-electron chi connectivity index (χ4n) is 3.32. The number of aryl methyl sites for hydroxylation is 1. The summed E-state index contributed by atoms with van der Waals surface area (Å²) in [6, 6.07) is 6.93. The fourth-order valence-corrected chi connectivity index (χ4v) is 3.32. The summed E-state index contributed by atoms with van der Waals surface area (Å²) in [4.78, 5) is 19.0. The maximum atomic E-state index is 12.6. The number of rotatable bonds is 4. The predicted octanol–water partition coefficient (Wildman–Crippen LogP) is 2.56. The van der Waals surface area contributed by atoms with Gasteiger partial charge in [-0.1, -0.05) is 12.1 Å². The second-order valence-corrected chi connectivity index (χ2v) is 6.10. The quantitative estimate of drug-likeness (QED) is 0.944. The van der Waals surface area contributed by atoms with Crippen LogP contribution in [0.5, 0.6) is 5.75 Å². The third kappa shape index (κ3) is 3.55. The van der Waals surface area contributed by atoms with E-state index in [2.05, 4.69) is 16.5 Å². The molecule has 0 saturated carbocycles. The van der Waals surface area contributed by atoms with Crippen molar-refractivity contribution in [3.05, 3.63) is 48.0 Å². The molecular formula is C18H23N3O2. The standard InChI is InChI=1S/C18H23N3O2/c1-2-20-10-8-19-18(20)15-6-4-9-21(13-15)17(23)12-14-5-3-7-16(22)11-14/h3,5,7-8,10-11,15,22H,2,4,6,9,12-13H2,1H3/t15-/m1/s1. The third-order valence-corrected chi connectivity index (χ3v) is 4.49. The second-order valence-electron chi connectivity index (χ2n) is 6.10. The maximum absolute atomic E-state index is 12.6. The van der Waals surface area contributed by atoms with Crippen molar-refractivity contribution in [2.75, 3.05) is 13.1 Å². The Morgan fingerprint density at radius 2 is 2.30 bits per heavy atom. The molecule has 0 bridgehead atoms. The lowest BCUT2D eigenvalue weighted by Crippen LogP contribution is -2.40. The molecule has 1 amide bonds. The molecule has 1 aliphatic rings. The molecule has 5 nitrogen and oxygen atoms in total. The van der Waals surface area contributed by atoms with Crippen molar-refractivity contribution in [1.29, 1.82) is 0 Å². The summed E-state index contributed by atoms with van der Waals surface area (Å²) in [5, 5.41) is 9.53. The highest BCUT2D eigenvalue weighted by atomic mass is 16.3. The Balaban J connectivity index is 1.67. The molecule has 1 fully saturated rings. The number of nitrogens with zero attached hydrogens (tertiary/aromatic N) is 3. The van der Waals surface area contributed by atoms with Crippen molar-refractivity contribution in [2.24, 2.45) is 0 Å². The fraction of sp³-hybridized carbons (Fsp3) is 0.444. The average molecular weight is 313 g/mol. The molecule has 0 radical (unpaired) electrons. The molecule has 3 rings (SSSR count). The smallest absolute Gasteiger partial charge is 0.227 e. The first-order chi connectivity index (χ1) is 11.2. The van der Waals surface area contributed by atoms with E-state index in [9.17, 15) is 9.90 Å². The third-order valence-electron chi connectivity index (χ3n) is 4.49. The topological polar surface area (TPSA) is 58.4 Å². The van der Waals surface area contributed by atoms with Gasteiger partial charge in [-0.3, -0.25) is 4.79 Å². The van der Waals surface area contributed by atoms with Crippen LogP contribution in [0, 0.1) is 0 Å². The van der Waals surface area contributed by atoms with E-state index >= 15 is 0 Å². The van der Waals surface area contributed by atoms with Crippen molar-refractivity contribution in [1.82, 2.24) is 14.5 Å². The van der Waals surface area contributed by atoms with Gasteiger partial charge in [0.2, 0.25) is 5.91 Å². The molecule has 0 aliphatic carbocycles. The molecule has 0 unspecified atom stereocenters. The van der Waals surface area contributed by atoms with Crippen LogP contribution < -0.4 is 0 Å². The SMILES string of the molecule is CCn1ccnc1[C@@H]1CCCN(C(=O)Cc2cccc(O)c2)C1. The Labute approximate surface area is 136 Å². The lowest BCUT2D eigenvalue weighted by molar-refractivity contribution is -0.131. The minimum Gasteiger partial charge on any atom is -0.508 e. The molecule has 1 N–H and O–H groups in total. The van der Waals surface area contributed by atoms with Crippen LogP contribution in [0.1, 0.15) is 37.1 Å². The van der Waals surface area contributed by atoms with E-state index in [0.29, 0.717) is 12.3 Å². The van der Waals surface area contributed by atoms with Gasteiger partial charge in [-0.25, -0.2) is 4.98 Å². The van der Waals surface area contributed by atoms with Crippen LogP contribution in [0.4, 0.5) is 0 Å². The summed E-state index contributed by atoms with van der Waals surface area (Å²) in [5.41, 5.74) is 0.854. The average Bonchev–Trinajstić information content (AvgIpc) is 3.03. The zero-order valence-corrected chi connectivity index (χ0v) is 13.5. The Morgan fingerprint density at radius 3 is 3.09 bits per heavy atom. The number of hydrogen-bond acceptors (Lipinski definition) is 3. The number of piperidine rings is 1. The predicted molar refractivity (Wildman–Crippen MR) is 88.3 cm³/mol. The number of likely N-dealkylation sites (tertiary alicyclic amines) is 1. The van der Waals surface area contributed by atoms with Crippen molar-refractivity contribution in [3.8, 4) is 5.75 Å². The van der Waals surface area contributed by atoms with Crippen molar-refractivity contribution >= 4 is 5.91 Å². The number of carbonyl (C=O) groups excluding carboxylic acids is 1. The van der Waals surface area contributed by atoms with E-state index in [4.69, 9.17) is 0 Å². The lowest BCUT2D eigenvalue weighted by Gasteiger charge is -2.32. The molecule has 2 aromatic rings. The van der Waals surface area contributed by atoms with Gasteiger partial charge in [0.15, 0.2) is 0 Å². The molecule has 1 aromatic heterocycles. The van der Waals surface area contributed by atoms with E-state index in [1.165, 1.54) is 0 Å². The zero-order valence-electron chi connectivity index (χ0n) is 13.5. The van der Waals surface area contributed by atoms with Gasteiger partial charge in [0.25, 0.3) is 0 Å². The number of amides is 1. The summed E-state index contributed by atoms with van der Waals surface area (Å²) >= 11 is 0. The van der Waals surface area contributed by atoms with Crippen molar-refractivity contribution in [2.45, 2.75) is 38.6 Å². The first kappa shape index (κ1) is 15.6. The number of aromatic nitrogens is 2. The van der Waals surface area contributed by atoms with Crippen molar-refractivity contribution in [3.63, 3.8) is 0 Å². The molecule has 2 heterocycles. The Bertz CT molecular complexity index is 680. The minimum atomic E-state index is 0.120. The largest absolute Gasteiger partial charge is 0.508 e. The van der Waals surface area contributed by atoms with E-state index < -0.39 is 0 Å². The van der Waals surface area contributed by atoms with Gasteiger partial charge in [-0.15, -0.1) is 0 Å². The van der Waals surface area contributed by atoms with Gasteiger partial charge in [0.05, 0.1) is 6.42 Å². The monoisotopic (exact) mass is 313 g/mol. The van der Waals surface area contributed by atoms with Crippen molar-refractivity contribution < 1.29 is 9.90 Å². The van der Waals surface area contributed by atoms with Gasteiger partial charge < -0.3 is 14.6 Å². The molecule has 122 valence electrons. The number of aromatic hydroxyl groups is 1. The molecule has 0 spiro atoms. The summed E-state index contributed by atoms with van der Waals surface area (Å²) in [6.07, 6.45) is 6.26. The Kier molecular flexibility index (Phi) is 4.65. The van der Waals surface area contributed by atoms with E-state index in [1.807, 2.05) is 23.4 Å². The zero-order chi connectivity index (χ0) is 16.2. The number of benzene rings is 1. The molecule has 1 aliphatic heterocycles. The molecule has 1 atom stereocenters. The van der Waals surface area contributed by atoms with Gasteiger partial charge in [0.1, 0.15) is 11.6 Å². The maximum Gasteiger partial charge on any atom is 0.227 e. The molecule has 5 heteroatoms. The number of hydrogen-bond donors (Lipinski definition) is 1. The number of carbonyl (C=O) groups is 1. The number of phenols is 1. The van der Waals surface area contributed by atoms with Crippen LogP contribution >= 0.6 is 0 Å². The number of phenolic OH excluding ortho intramolecular Hbond substituents is 1. The highest BCUT2D eigenvalue weighted by Crippen LogP contribution is 2.26. The molecular weight excluding hydrogens is 290 g/mol. The normalized spacial score (nSPS) is 18.1. The Morgan fingerprint density at radius 1 is 1.43 bits per heavy atom. The Hall–Kier alpha value is -2.30. The molecule has 1 saturated heterocycles.